The van der Waals surface area contributed by atoms with Gasteiger partial charge in [-0.1, -0.05) is 24.9 Å². The lowest BCUT2D eigenvalue weighted by molar-refractivity contribution is 0.558. The lowest BCUT2D eigenvalue weighted by Crippen LogP contribution is -2.17. The third-order valence-electron chi connectivity index (χ3n) is 2.83. The lowest BCUT2D eigenvalue weighted by atomic mass is 9.89. The van der Waals surface area contributed by atoms with Crippen LogP contribution in [0.25, 0.3) is 0 Å². The summed E-state index contributed by atoms with van der Waals surface area (Å²) in [6, 6.07) is 3.47. The molecule has 16 heavy (non-hydrogen) atoms. The van der Waals surface area contributed by atoms with Crippen molar-refractivity contribution in [1.29, 1.82) is 0 Å². The predicted molar refractivity (Wildman–Crippen MR) is 65.7 cm³/mol. The van der Waals surface area contributed by atoms with Crippen molar-refractivity contribution in [2.45, 2.75) is 32.6 Å². The molecule has 0 aromatic carbocycles. The van der Waals surface area contributed by atoms with E-state index in [9.17, 15) is 0 Å². The highest BCUT2D eigenvalue weighted by Crippen LogP contribution is 2.21. The molecule has 4 nitrogen and oxygen atoms in total. The Morgan fingerprint density at radius 1 is 1.38 bits per heavy atom. The highest BCUT2D eigenvalue weighted by molar-refractivity contribution is 6.29. The molecule has 0 spiro atoms. The first-order valence-corrected chi connectivity index (χ1v) is 5.95. The maximum atomic E-state index is 5.65. The van der Waals surface area contributed by atoms with Gasteiger partial charge in [0.15, 0.2) is 11.0 Å². The lowest BCUT2D eigenvalue weighted by Gasteiger charge is -2.19. The number of aromatic nitrogens is 2. The Hall–Kier alpha value is -1.16. The average Bonchev–Trinajstić information content (AvgIpc) is 2.30. The monoisotopic (exact) mass is 238 g/mol. The van der Waals surface area contributed by atoms with Crippen molar-refractivity contribution in [2.24, 2.45) is 11.0 Å². The number of hydrogen-bond donors (Lipinski definition) is 1. The highest BCUT2D eigenvalue weighted by Gasteiger charge is 2.15. The van der Waals surface area contributed by atoms with E-state index >= 15 is 0 Å². The number of hydrazone groups is 1. The van der Waals surface area contributed by atoms with Crippen LogP contribution in [0, 0.1) is 5.92 Å². The van der Waals surface area contributed by atoms with Crippen LogP contribution >= 0.6 is 11.6 Å². The number of halogens is 1. The maximum absolute atomic E-state index is 5.65. The quantitative estimate of drug-likeness (QED) is 0.806. The van der Waals surface area contributed by atoms with Gasteiger partial charge in [0.1, 0.15) is 0 Å². The van der Waals surface area contributed by atoms with Gasteiger partial charge in [-0.15, -0.1) is 10.2 Å². The Labute approximate surface area is 100 Å². The van der Waals surface area contributed by atoms with E-state index in [0.717, 1.165) is 6.42 Å². The summed E-state index contributed by atoms with van der Waals surface area (Å²) >= 11 is 5.65. The summed E-state index contributed by atoms with van der Waals surface area (Å²) in [7, 11) is 0. The predicted octanol–water partition coefficient (Wildman–Crippen LogP) is 3.11. The summed E-state index contributed by atoms with van der Waals surface area (Å²) in [5.41, 5.74) is 4.15. The van der Waals surface area contributed by atoms with E-state index < -0.39 is 0 Å². The standard InChI is InChI=1S/C11H15ClN4/c1-8-4-2-3-5-9(8)13-15-11-7-6-10(12)14-16-11/h6-8H,2-5H2,1H3,(H,15,16)/b13-9-. The van der Waals surface area contributed by atoms with Gasteiger partial charge in [0.2, 0.25) is 0 Å². The van der Waals surface area contributed by atoms with E-state index in [1.54, 1.807) is 12.1 Å². The first-order valence-electron chi connectivity index (χ1n) is 5.57. The summed E-state index contributed by atoms with van der Waals surface area (Å²) in [6.07, 6.45) is 4.85. The van der Waals surface area contributed by atoms with Gasteiger partial charge in [-0.25, -0.2) is 0 Å². The molecule has 2 rings (SSSR count). The number of rotatable bonds is 2. The molecule has 1 aromatic heterocycles. The van der Waals surface area contributed by atoms with Crippen molar-refractivity contribution in [3.05, 3.63) is 17.3 Å². The summed E-state index contributed by atoms with van der Waals surface area (Å²) in [6.45, 7) is 2.22. The van der Waals surface area contributed by atoms with Crippen LogP contribution in [0.2, 0.25) is 5.15 Å². The third kappa shape index (κ3) is 2.92. The topological polar surface area (TPSA) is 50.2 Å². The summed E-state index contributed by atoms with van der Waals surface area (Å²) in [4.78, 5) is 0. The Morgan fingerprint density at radius 2 is 2.25 bits per heavy atom. The first-order chi connectivity index (χ1) is 7.75. The van der Waals surface area contributed by atoms with Crippen LogP contribution in [0.4, 0.5) is 5.82 Å². The summed E-state index contributed by atoms with van der Waals surface area (Å²) < 4.78 is 0. The van der Waals surface area contributed by atoms with Crippen molar-refractivity contribution >= 4 is 23.1 Å². The van der Waals surface area contributed by atoms with Crippen molar-refractivity contribution in [3.8, 4) is 0 Å². The van der Waals surface area contributed by atoms with Crippen molar-refractivity contribution in [3.63, 3.8) is 0 Å². The van der Waals surface area contributed by atoms with Crippen LogP contribution in [0.3, 0.4) is 0 Å². The zero-order chi connectivity index (χ0) is 11.4. The van der Waals surface area contributed by atoms with Gasteiger partial charge in [-0.3, -0.25) is 5.43 Å². The SMILES string of the molecule is CC1CCCC/C1=N/Nc1ccc(Cl)nn1. The number of anilines is 1. The van der Waals surface area contributed by atoms with Crippen LogP contribution in [0.5, 0.6) is 0 Å². The largest absolute Gasteiger partial charge is 0.260 e. The van der Waals surface area contributed by atoms with Crippen molar-refractivity contribution < 1.29 is 0 Å². The second-order valence-electron chi connectivity index (χ2n) is 4.10. The molecule has 0 saturated heterocycles. The fourth-order valence-electron chi connectivity index (χ4n) is 1.84. The summed E-state index contributed by atoms with van der Waals surface area (Å²) in [5, 5.41) is 12.4. The van der Waals surface area contributed by atoms with Crippen molar-refractivity contribution in [2.75, 3.05) is 5.43 Å². The molecule has 1 aliphatic carbocycles. The van der Waals surface area contributed by atoms with Crippen LogP contribution in [0.15, 0.2) is 17.2 Å². The van der Waals surface area contributed by atoms with E-state index in [2.05, 4.69) is 27.6 Å². The van der Waals surface area contributed by atoms with Crippen LogP contribution < -0.4 is 5.43 Å². The second-order valence-corrected chi connectivity index (χ2v) is 4.49. The minimum Gasteiger partial charge on any atom is -0.260 e. The molecule has 1 unspecified atom stereocenters. The van der Waals surface area contributed by atoms with Crippen molar-refractivity contribution in [1.82, 2.24) is 10.2 Å². The molecular weight excluding hydrogens is 224 g/mol. The highest BCUT2D eigenvalue weighted by atomic mass is 35.5. The Balaban J connectivity index is 1.99. The molecule has 0 aliphatic heterocycles. The number of nitrogens with zero attached hydrogens (tertiary/aromatic N) is 3. The molecule has 1 fully saturated rings. The number of hydrogen-bond acceptors (Lipinski definition) is 4. The molecule has 0 radical (unpaired) electrons. The second kappa shape index (κ2) is 5.25. The molecule has 1 N–H and O–H groups in total. The molecule has 0 amide bonds. The van der Waals surface area contributed by atoms with E-state index in [4.69, 9.17) is 11.6 Å². The van der Waals surface area contributed by atoms with Crippen LogP contribution in [-0.2, 0) is 0 Å². The van der Waals surface area contributed by atoms with Gasteiger partial charge >= 0.3 is 0 Å². The fraction of sp³-hybridized carbons (Fsp3) is 0.545. The normalized spacial score (nSPS) is 23.4. The minimum absolute atomic E-state index is 0.393. The van der Waals surface area contributed by atoms with E-state index in [-0.39, 0.29) is 0 Å². The molecule has 1 aromatic rings. The zero-order valence-corrected chi connectivity index (χ0v) is 10.0. The molecule has 0 bridgehead atoms. The van der Waals surface area contributed by atoms with Gasteiger partial charge in [0.25, 0.3) is 0 Å². The molecule has 1 heterocycles. The summed E-state index contributed by atoms with van der Waals surface area (Å²) in [5.74, 6) is 1.20. The third-order valence-corrected chi connectivity index (χ3v) is 3.04. The van der Waals surface area contributed by atoms with E-state index in [0.29, 0.717) is 16.9 Å². The first kappa shape index (κ1) is 11.3. The van der Waals surface area contributed by atoms with Gasteiger partial charge in [0, 0.05) is 5.71 Å². The fourth-order valence-corrected chi connectivity index (χ4v) is 1.94. The van der Waals surface area contributed by atoms with Gasteiger partial charge in [-0.2, -0.15) is 5.10 Å². The molecule has 5 heteroatoms. The minimum atomic E-state index is 0.393. The molecule has 86 valence electrons. The Bertz CT molecular complexity index is 374. The molecule has 1 atom stereocenters. The van der Waals surface area contributed by atoms with Crippen LogP contribution in [-0.4, -0.2) is 15.9 Å². The van der Waals surface area contributed by atoms with Gasteiger partial charge in [0.05, 0.1) is 0 Å². The smallest absolute Gasteiger partial charge is 0.168 e. The molecule has 1 aliphatic rings. The van der Waals surface area contributed by atoms with Crippen LogP contribution in [0.1, 0.15) is 32.6 Å². The molecule has 1 saturated carbocycles. The Morgan fingerprint density at radius 3 is 2.94 bits per heavy atom. The number of nitrogens with one attached hydrogen (secondary N) is 1. The van der Waals surface area contributed by atoms with E-state index in [1.807, 2.05) is 0 Å². The zero-order valence-electron chi connectivity index (χ0n) is 9.28. The van der Waals surface area contributed by atoms with E-state index in [1.165, 1.54) is 25.0 Å². The van der Waals surface area contributed by atoms with Gasteiger partial charge in [-0.05, 0) is 37.3 Å². The Kier molecular flexibility index (Phi) is 3.72. The molecular formula is C11H15ClN4. The average molecular weight is 239 g/mol. The maximum Gasteiger partial charge on any atom is 0.168 e. The van der Waals surface area contributed by atoms with Gasteiger partial charge < -0.3 is 0 Å².